The predicted octanol–water partition coefficient (Wildman–Crippen LogP) is 2.81. The van der Waals surface area contributed by atoms with Crippen LogP contribution in [0.1, 0.15) is 46.0 Å². The maximum absolute atomic E-state index is 3.38. The van der Waals surface area contributed by atoms with Crippen LogP contribution in [0.25, 0.3) is 0 Å². The summed E-state index contributed by atoms with van der Waals surface area (Å²) in [6.45, 7) is 4.67. The van der Waals surface area contributed by atoms with Crippen molar-refractivity contribution in [3.05, 3.63) is 0 Å². The van der Waals surface area contributed by atoms with E-state index < -0.39 is 0 Å². The highest BCUT2D eigenvalue weighted by atomic mass is 14.9. The molecule has 0 aromatic carbocycles. The fraction of sp³-hybridized carbons (Fsp3) is 1.00. The van der Waals surface area contributed by atoms with Crippen LogP contribution in [-0.4, -0.2) is 13.1 Å². The highest BCUT2D eigenvalue weighted by Crippen LogP contribution is 2.28. The molecular formula is C11H23N. The maximum atomic E-state index is 3.38. The van der Waals surface area contributed by atoms with E-state index in [0.717, 1.165) is 17.9 Å². The zero-order valence-electron chi connectivity index (χ0n) is 8.77. The van der Waals surface area contributed by atoms with Gasteiger partial charge in [-0.25, -0.2) is 0 Å². The maximum Gasteiger partial charge on any atom is 0.00642 e. The molecule has 1 nitrogen and oxygen atoms in total. The van der Waals surface area contributed by atoms with Crippen LogP contribution >= 0.6 is 0 Å². The Labute approximate surface area is 76.9 Å². The molecule has 72 valence electrons. The van der Waals surface area contributed by atoms with Gasteiger partial charge in [0, 0.05) is 6.04 Å². The monoisotopic (exact) mass is 169 g/mol. The minimum Gasteiger partial charge on any atom is -0.317 e. The molecule has 0 aromatic rings. The summed E-state index contributed by atoms with van der Waals surface area (Å²) in [6, 6.07) is 0.813. The Morgan fingerprint density at radius 2 is 1.75 bits per heavy atom. The first kappa shape index (κ1) is 10.0. The second-order valence-corrected chi connectivity index (χ2v) is 4.64. The van der Waals surface area contributed by atoms with Crippen LogP contribution < -0.4 is 5.32 Å². The fourth-order valence-corrected chi connectivity index (χ4v) is 2.35. The van der Waals surface area contributed by atoms with Crippen molar-refractivity contribution in [2.45, 2.75) is 52.0 Å². The third-order valence-electron chi connectivity index (χ3n) is 3.06. The third-order valence-corrected chi connectivity index (χ3v) is 3.06. The van der Waals surface area contributed by atoms with Gasteiger partial charge in [-0.2, -0.15) is 0 Å². The molecule has 0 amide bonds. The van der Waals surface area contributed by atoms with Crippen molar-refractivity contribution in [1.29, 1.82) is 0 Å². The molecule has 0 bridgehead atoms. The average molecular weight is 169 g/mol. The largest absolute Gasteiger partial charge is 0.317 e. The van der Waals surface area contributed by atoms with Crippen molar-refractivity contribution in [2.24, 2.45) is 11.8 Å². The summed E-state index contributed by atoms with van der Waals surface area (Å²) in [6.07, 6.45) is 7.13. The first-order chi connectivity index (χ1) is 5.72. The van der Waals surface area contributed by atoms with E-state index in [1.165, 1.54) is 32.1 Å². The quantitative estimate of drug-likeness (QED) is 0.685. The lowest BCUT2D eigenvalue weighted by Gasteiger charge is -2.29. The fourth-order valence-electron chi connectivity index (χ4n) is 2.35. The summed E-state index contributed by atoms with van der Waals surface area (Å²) in [5, 5.41) is 3.38. The van der Waals surface area contributed by atoms with E-state index in [1.807, 2.05) is 0 Å². The van der Waals surface area contributed by atoms with Crippen molar-refractivity contribution in [3.8, 4) is 0 Å². The van der Waals surface area contributed by atoms with Gasteiger partial charge in [0.2, 0.25) is 0 Å². The summed E-state index contributed by atoms with van der Waals surface area (Å²) < 4.78 is 0. The summed E-state index contributed by atoms with van der Waals surface area (Å²) in [7, 11) is 2.09. The smallest absolute Gasteiger partial charge is 0.00642 e. The number of hydrogen-bond donors (Lipinski definition) is 1. The van der Waals surface area contributed by atoms with E-state index in [0.29, 0.717) is 0 Å². The van der Waals surface area contributed by atoms with Gasteiger partial charge in [0.05, 0.1) is 0 Å². The van der Waals surface area contributed by atoms with E-state index in [4.69, 9.17) is 0 Å². The number of nitrogens with one attached hydrogen (secondary N) is 1. The van der Waals surface area contributed by atoms with E-state index in [1.54, 1.807) is 0 Å². The highest BCUT2D eigenvalue weighted by molar-refractivity contribution is 4.76. The van der Waals surface area contributed by atoms with Gasteiger partial charge in [-0.1, -0.05) is 13.8 Å². The molecule has 0 saturated heterocycles. The number of rotatable bonds is 3. The lowest BCUT2D eigenvalue weighted by molar-refractivity contribution is 0.266. The van der Waals surface area contributed by atoms with Crippen LogP contribution in [0.15, 0.2) is 0 Å². The van der Waals surface area contributed by atoms with Crippen LogP contribution in [-0.2, 0) is 0 Å². The van der Waals surface area contributed by atoms with Gasteiger partial charge >= 0.3 is 0 Å². The lowest BCUT2D eigenvalue weighted by Crippen LogP contribution is -2.30. The summed E-state index contributed by atoms with van der Waals surface area (Å²) in [5.74, 6) is 1.91. The molecule has 1 heteroatoms. The van der Waals surface area contributed by atoms with Gasteiger partial charge in [0.1, 0.15) is 0 Å². The Kier molecular flexibility index (Phi) is 4.07. The second kappa shape index (κ2) is 4.86. The molecule has 0 aliphatic heterocycles. The predicted molar refractivity (Wildman–Crippen MR) is 54.3 cm³/mol. The summed E-state index contributed by atoms with van der Waals surface area (Å²) in [4.78, 5) is 0. The minimum absolute atomic E-state index is 0.813. The van der Waals surface area contributed by atoms with Gasteiger partial charge in [0.15, 0.2) is 0 Å². The van der Waals surface area contributed by atoms with Crippen molar-refractivity contribution in [1.82, 2.24) is 5.32 Å². The van der Waals surface area contributed by atoms with Gasteiger partial charge in [-0.15, -0.1) is 0 Å². The Morgan fingerprint density at radius 1 is 1.17 bits per heavy atom. The van der Waals surface area contributed by atoms with Crippen LogP contribution in [0.5, 0.6) is 0 Å². The summed E-state index contributed by atoms with van der Waals surface area (Å²) in [5.41, 5.74) is 0. The Hall–Kier alpha value is -0.0400. The summed E-state index contributed by atoms with van der Waals surface area (Å²) >= 11 is 0. The van der Waals surface area contributed by atoms with Crippen molar-refractivity contribution in [3.63, 3.8) is 0 Å². The molecular weight excluding hydrogens is 146 g/mol. The zero-order chi connectivity index (χ0) is 8.97. The molecule has 0 radical (unpaired) electrons. The Balaban J connectivity index is 2.17. The molecule has 1 N–H and O–H groups in total. The SMILES string of the molecule is CN[C@H]1CC[C@@H](CC(C)C)CC1. The highest BCUT2D eigenvalue weighted by Gasteiger charge is 2.20. The van der Waals surface area contributed by atoms with Crippen LogP contribution in [0.4, 0.5) is 0 Å². The van der Waals surface area contributed by atoms with Crippen LogP contribution in [0, 0.1) is 11.8 Å². The first-order valence-electron chi connectivity index (χ1n) is 5.39. The van der Waals surface area contributed by atoms with Crippen molar-refractivity contribution < 1.29 is 0 Å². The molecule has 1 aliphatic rings. The van der Waals surface area contributed by atoms with Crippen LogP contribution in [0.2, 0.25) is 0 Å². The molecule has 0 spiro atoms. The van der Waals surface area contributed by atoms with Crippen molar-refractivity contribution >= 4 is 0 Å². The minimum atomic E-state index is 0.813. The molecule has 0 unspecified atom stereocenters. The number of hydrogen-bond acceptors (Lipinski definition) is 1. The van der Waals surface area contributed by atoms with E-state index >= 15 is 0 Å². The lowest BCUT2D eigenvalue weighted by atomic mass is 9.81. The molecule has 0 heterocycles. The van der Waals surface area contributed by atoms with Gasteiger partial charge in [-0.05, 0) is 51.0 Å². The van der Waals surface area contributed by atoms with Gasteiger partial charge < -0.3 is 5.32 Å². The molecule has 0 atom stereocenters. The van der Waals surface area contributed by atoms with Crippen LogP contribution in [0.3, 0.4) is 0 Å². The molecule has 1 fully saturated rings. The molecule has 1 rings (SSSR count). The van der Waals surface area contributed by atoms with Crippen molar-refractivity contribution in [2.75, 3.05) is 7.05 Å². The van der Waals surface area contributed by atoms with E-state index in [-0.39, 0.29) is 0 Å². The molecule has 1 saturated carbocycles. The average Bonchev–Trinajstić information content (AvgIpc) is 2.05. The molecule has 12 heavy (non-hydrogen) atoms. The first-order valence-corrected chi connectivity index (χ1v) is 5.39. The zero-order valence-corrected chi connectivity index (χ0v) is 8.77. The third kappa shape index (κ3) is 3.14. The Bertz CT molecular complexity index is 112. The van der Waals surface area contributed by atoms with E-state index in [2.05, 4.69) is 26.2 Å². The topological polar surface area (TPSA) is 12.0 Å². The second-order valence-electron chi connectivity index (χ2n) is 4.64. The standard InChI is InChI=1S/C11H23N/c1-9(2)8-10-4-6-11(12-3)7-5-10/h9-12H,4-8H2,1-3H3/t10-,11+. The van der Waals surface area contributed by atoms with E-state index in [9.17, 15) is 0 Å². The Morgan fingerprint density at radius 3 is 2.17 bits per heavy atom. The normalized spacial score (nSPS) is 31.0. The van der Waals surface area contributed by atoms with Gasteiger partial charge in [0.25, 0.3) is 0 Å². The molecule has 1 aliphatic carbocycles. The van der Waals surface area contributed by atoms with Gasteiger partial charge in [-0.3, -0.25) is 0 Å². The molecule has 0 aromatic heterocycles.